The van der Waals surface area contributed by atoms with Gasteiger partial charge in [-0.2, -0.15) is 13.2 Å². The van der Waals surface area contributed by atoms with Gasteiger partial charge in [-0.1, -0.05) is 6.07 Å². The summed E-state index contributed by atoms with van der Waals surface area (Å²) in [6, 6.07) is 2.54. The Hall–Kier alpha value is -1.14. The Balaban J connectivity index is 2.19. The Kier molecular flexibility index (Phi) is 4.10. The van der Waals surface area contributed by atoms with Gasteiger partial charge in [-0.05, 0) is 49.5 Å². The lowest BCUT2D eigenvalue weighted by Crippen LogP contribution is -2.33. The van der Waals surface area contributed by atoms with E-state index in [1.54, 1.807) is 0 Å². The minimum atomic E-state index is -4.67. The summed E-state index contributed by atoms with van der Waals surface area (Å²) in [6.45, 7) is 1.67. The molecule has 0 amide bonds. The Labute approximate surface area is 109 Å². The number of alkyl halides is 3. The number of nitrogens with two attached hydrogens (primary N) is 1. The number of benzene rings is 1. The van der Waals surface area contributed by atoms with Gasteiger partial charge in [0.1, 0.15) is 5.82 Å². The zero-order chi connectivity index (χ0) is 14.0. The third-order valence-electron chi connectivity index (χ3n) is 3.58. The Morgan fingerprint density at radius 1 is 1.21 bits per heavy atom. The fourth-order valence-electron chi connectivity index (χ4n) is 2.44. The molecule has 19 heavy (non-hydrogen) atoms. The molecule has 0 aliphatic carbocycles. The highest BCUT2D eigenvalue weighted by Crippen LogP contribution is 2.34. The molecule has 1 saturated heterocycles. The Morgan fingerprint density at radius 3 is 2.37 bits per heavy atom. The van der Waals surface area contributed by atoms with Crippen LogP contribution in [0.5, 0.6) is 0 Å². The molecule has 0 radical (unpaired) electrons. The first-order valence-corrected chi connectivity index (χ1v) is 6.22. The van der Waals surface area contributed by atoms with Gasteiger partial charge >= 0.3 is 6.18 Å². The molecule has 1 aliphatic heterocycles. The summed E-state index contributed by atoms with van der Waals surface area (Å²) < 4.78 is 50.9. The van der Waals surface area contributed by atoms with Crippen molar-refractivity contribution < 1.29 is 17.6 Å². The molecule has 0 spiro atoms. The first-order valence-electron chi connectivity index (χ1n) is 6.22. The van der Waals surface area contributed by atoms with Gasteiger partial charge in [-0.25, -0.2) is 4.39 Å². The second-order valence-corrected chi connectivity index (χ2v) is 4.85. The van der Waals surface area contributed by atoms with Crippen molar-refractivity contribution in [3.63, 3.8) is 0 Å². The van der Waals surface area contributed by atoms with E-state index >= 15 is 0 Å². The monoisotopic (exact) mass is 276 g/mol. The van der Waals surface area contributed by atoms with E-state index in [0.29, 0.717) is 5.56 Å². The number of rotatable bonds is 2. The van der Waals surface area contributed by atoms with E-state index < -0.39 is 23.6 Å². The lowest BCUT2D eigenvalue weighted by molar-refractivity contribution is -0.140. The van der Waals surface area contributed by atoms with E-state index in [1.165, 1.54) is 6.07 Å². The quantitative estimate of drug-likeness (QED) is 0.815. The molecule has 0 saturated carbocycles. The van der Waals surface area contributed by atoms with E-state index in [1.807, 2.05) is 0 Å². The van der Waals surface area contributed by atoms with Crippen LogP contribution in [0.25, 0.3) is 0 Å². The van der Waals surface area contributed by atoms with Crippen LogP contribution in [0.15, 0.2) is 18.2 Å². The van der Waals surface area contributed by atoms with Crippen LogP contribution in [0.2, 0.25) is 0 Å². The van der Waals surface area contributed by atoms with Gasteiger partial charge in [0, 0.05) is 6.04 Å². The molecule has 1 aromatic carbocycles. The molecule has 2 nitrogen and oxygen atoms in total. The van der Waals surface area contributed by atoms with Gasteiger partial charge in [0.05, 0.1) is 5.56 Å². The number of hydrogen-bond donors (Lipinski definition) is 2. The highest BCUT2D eigenvalue weighted by Gasteiger charge is 2.34. The summed E-state index contributed by atoms with van der Waals surface area (Å²) in [6.07, 6.45) is -2.96. The van der Waals surface area contributed by atoms with Gasteiger partial charge in [0.2, 0.25) is 0 Å². The predicted octanol–water partition coefficient (Wildman–Crippen LogP) is 2.84. The molecule has 0 aromatic heterocycles. The van der Waals surface area contributed by atoms with Crippen molar-refractivity contribution in [2.45, 2.75) is 25.1 Å². The lowest BCUT2D eigenvalue weighted by Gasteiger charge is -2.28. The fourth-order valence-corrected chi connectivity index (χ4v) is 2.44. The minimum Gasteiger partial charge on any atom is -0.324 e. The van der Waals surface area contributed by atoms with Crippen molar-refractivity contribution in [1.82, 2.24) is 5.32 Å². The van der Waals surface area contributed by atoms with Crippen molar-refractivity contribution in [1.29, 1.82) is 0 Å². The molecule has 1 heterocycles. The summed E-state index contributed by atoms with van der Waals surface area (Å²) in [5, 5.41) is 3.18. The summed E-state index contributed by atoms with van der Waals surface area (Å²) in [5.41, 5.74) is 5.21. The van der Waals surface area contributed by atoms with Crippen LogP contribution in [0, 0.1) is 11.7 Å². The largest absolute Gasteiger partial charge is 0.419 e. The topological polar surface area (TPSA) is 38.0 Å². The van der Waals surface area contributed by atoms with E-state index in [0.717, 1.165) is 38.1 Å². The molecular formula is C13H16F4N2. The molecule has 106 valence electrons. The van der Waals surface area contributed by atoms with E-state index in [4.69, 9.17) is 5.73 Å². The summed E-state index contributed by atoms with van der Waals surface area (Å²) >= 11 is 0. The molecule has 2 rings (SSSR count). The van der Waals surface area contributed by atoms with Crippen molar-refractivity contribution >= 4 is 0 Å². The van der Waals surface area contributed by atoms with Gasteiger partial charge in [-0.15, -0.1) is 0 Å². The minimum absolute atomic E-state index is 0.178. The van der Waals surface area contributed by atoms with Gasteiger partial charge in [0.15, 0.2) is 0 Å². The zero-order valence-electron chi connectivity index (χ0n) is 10.3. The average Bonchev–Trinajstić information content (AvgIpc) is 2.37. The third kappa shape index (κ3) is 3.25. The fraction of sp³-hybridized carbons (Fsp3) is 0.538. The molecule has 1 aromatic rings. The average molecular weight is 276 g/mol. The normalized spacial score (nSPS) is 19.4. The number of piperidine rings is 1. The van der Waals surface area contributed by atoms with Crippen LogP contribution in [0.3, 0.4) is 0 Å². The molecule has 0 bridgehead atoms. The number of nitrogens with one attached hydrogen (secondary N) is 1. The first kappa shape index (κ1) is 14.3. The van der Waals surface area contributed by atoms with Crippen LogP contribution in [-0.2, 0) is 6.18 Å². The molecule has 1 atom stereocenters. The summed E-state index contributed by atoms with van der Waals surface area (Å²) in [5.74, 6) is -1.08. The Morgan fingerprint density at radius 2 is 1.84 bits per heavy atom. The van der Waals surface area contributed by atoms with E-state index in [9.17, 15) is 17.6 Å². The van der Waals surface area contributed by atoms with Gasteiger partial charge in [-0.3, -0.25) is 0 Å². The van der Waals surface area contributed by atoms with Crippen LogP contribution >= 0.6 is 0 Å². The second-order valence-electron chi connectivity index (χ2n) is 4.85. The van der Waals surface area contributed by atoms with Crippen LogP contribution < -0.4 is 11.1 Å². The van der Waals surface area contributed by atoms with Crippen molar-refractivity contribution in [2.24, 2.45) is 11.7 Å². The maximum atomic E-state index is 13.5. The van der Waals surface area contributed by atoms with Crippen LogP contribution in [0.4, 0.5) is 17.6 Å². The lowest BCUT2D eigenvalue weighted by atomic mass is 9.86. The third-order valence-corrected chi connectivity index (χ3v) is 3.58. The van der Waals surface area contributed by atoms with Crippen molar-refractivity contribution in [3.05, 3.63) is 35.1 Å². The number of hydrogen-bond acceptors (Lipinski definition) is 2. The molecule has 6 heteroatoms. The second kappa shape index (κ2) is 5.46. The standard InChI is InChI=1S/C13H16F4N2/c14-11-7-9(1-2-10(11)13(15,16)17)12(18)8-3-5-19-6-4-8/h1-2,7-8,12,19H,3-6,18H2/t12-/m1/s1. The van der Waals surface area contributed by atoms with Crippen LogP contribution in [0.1, 0.15) is 30.0 Å². The van der Waals surface area contributed by atoms with E-state index in [2.05, 4.69) is 5.32 Å². The van der Waals surface area contributed by atoms with Crippen molar-refractivity contribution in [2.75, 3.05) is 13.1 Å². The van der Waals surface area contributed by atoms with Crippen molar-refractivity contribution in [3.8, 4) is 0 Å². The molecule has 3 N–H and O–H groups in total. The maximum absolute atomic E-state index is 13.5. The highest BCUT2D eigenvalue weighted by molar-refractivity contribution is 5.28. The molecule has 0 unspecified atom stereocenters. The smallest absolute Gasteiger partial charge is 0.324 e. The van der Waals surface area contributed by atoms with Crippen LogP contribution in [-0.4, -0.2) is 13.1 Å². The first-order chi connectivity index (χ1) is 8.89. The number of halogens is 4. The maximum Gasteiger partial charge on any atom is 0.419 e. The predicted molar refractivity (Wildman–Crippen MR) is 63.9 cm³/mol. The zero-order valence-corrected chi connectivity index (χ0v) is 10.3. The highest BCUT2D eigenvalue weighted by atomic mass is 19.4. The summed E-state index contributed by atoms with van der Waals surface area (Å²) in [7, 11) is 0. The SMILES string of the molecule is N[C@@H](c1ccc(C(F)(F)F)c(F)c1)C1CCNCC1. The van der Waals surface area contributed by atoms with Gasteiger partial charge < -0.3 is 11.1 Å². The molecule has 1 fully saturated rings. The molecule has 1 aliphatic rings. The summed E-state index contributed by atoms with van der Waals surface area (Å²) in [4.78, 5) is 0. The Bertz CT molecular complexity index is 439. The molecular weight excluding hydrogens is 260 g/mol. The van der Waals surface area contributed by atoms with Gasteiger partial charge in [0.25, 0.3) is 0 Å². The van der Waals surface area contributed by atoms with E-state index in [-0.39, 0.29) is 5.92 Å².